The summed E-state index contributed by atoms with van der Waals surface area (Å²) in [6, 6.07) is 10.5. The second-order valence-electron chi connectivity index (χ2n) is 5.11. The summed E-state index contributed by atoms with van der Waals surface area (Å²) in [5.74, 6) is 1.01. The molecular weight excluding hydrogens is 316 g/mol. The van der Waals surface area contributed by atoms with E-state index in [2.05, 4.69) is 45.3 Å². The van der Waals surface area contributed by atoms with Crippen LogP contribution in [0.1, 0.15) is 24.1 Å². The molecule has 0 bridgehead atoms. The zero-order valence-corrected chi connectivity index (χ0v) is 12.9. The average molecular weight is 333 g/mol. The highest BCUT2D eigenvalue weighted by Gasteiger charge is 2.23. The lowest BCUT2D eigenvalue weighted by atomic mass is 10.1. The zero-order chi connectivity index (χ0) is 13.9. The van der Waals surface area contributed by atoms with E-state index in [4.69, 9.17) is 4.74 Å². The maximum Gasteiger partial charge on any atom is 0.123 e. The third-order valence-corrected chi connectivity index (χ3v) is 4.09. The molecular formula is C16H17BrN2O. The first-order valence-corrected chi connectivity index (χ1v) is 7.60. The van der Waals surface area contributed by atoms with E-state index in [0.29, 0.717) is 0 Å². The number of nitrogens with one attached hydrogen (secondary N) is 1. The predicted octanol–water partition coefficient (Wildman–Crippen LogP) is 3.50. The third-order valence-electron chi connectivity index (χ3n) is 3.60. The molecule has 2 unspecified atom stereocenters. The van der Waals surface area contributed by atoms with E-state index >= 15 is 0 Å². The van der Waals surface area contributed by atoms with E-state index in [0.717, 1.165) is 23.2 Å². The number of hydrogen-bond donors (Lipinski definition) is 1. The largest absolute Gasteiger partial charge is 0.488 e. The average Bonchev–Trinajstić information content (AvgIpc) is 2.87. The van der Waals surface area contributed by atoms with Crippen LogP contribution in [0.15, 0.2) is 47.2 Å². The lowest BCUT2D eigenvalue weighted by Crippen LogP contribution is -2.31. The molecule has 1 N–H and O–H groups in total. The monoisotopic (exact) mass is 332 g/mol. The summed E-state index contributed by atoms with van der Waals surface area (Å²) >= 11 is 3.50. The molecule has 0 saturated heterocycles. The Balaban J connectivity index is 1.56. The lowest BCUT2D eigenvalue weighted by Gasteiger charge is -2.17. The van der Waals surface area contributed by atoms with Crippen LogP contribution in [-0.4, -0.2) is 17.6 Å². The molecule has 2 heterocycles. The molecule has 3 nitrogen and oxygen atoms in total. The standard InChI is InChI=1S/C16H17BrN2O/c1-11(12-3-2-6-18-9-12)19-10-15-8-13-7-14(17)4-5-16(13)20-15/h2-7,9,11,15,19H,8,10H2,1H3. The normalized spacial score (nSPS) is 18.4. The number of nitrogens with zero attached hydrogens (tertiary/aromatic N) is 1. The number of halogens is 1. The molecule has 0 spiro atoms. The maximum absolute atomic E-state index is 5.95. The molecule has 2 aromatic rings. The van der Waals surface area contributed by atoms with Crippen molar-refractivity contribution in [2.75, 3.05) is 6.54 Å². The molecule has 0 saturated carbocycles. The lowest BCUT2D eigenvalue weighted by molar-refractivity contribution is 0.222. The highest BCUT2D eigenvalue weighted by molar-refractivity contribution is 9.10. The number of aromatic nitrogens is 1. The molecule has 0 radical (unpaired) electrons. The topological polar surface area (TPSA) is 34.1 Å². The second-order valence-corrected chi connectivity index (χ2v) is 6.03. The molecule has 1 aliphatic rings. The summed E-state index contributed by atoms with van der Waals surface area (Å²) in [6.45, 7) is 2.98. The fourth-order valence-electron chi connectivity index (χ4n) is 2.46. The van der Waals surface area contributed by atoms with Crippen molar-refractivity contribution in [3.05, 3.63) is 58.3 Å². The van der Waals surface area contributed by atoms with Crippen LogP contribution in [0.25, 0.3) is 0 Å². The van der Waals surface area contributed by atoms with Gasteiger partial charge in [0.2, 0.25) is 0 Å². The molecule has 2 atom stereocenters. The van der Waals surface area contributed by atoms with Gasteiger partial charge in [-0.25, -0.2) is 0 Å². The van der Waals surface area contributed by atoms with Gasteiger partial charge in [-0.2, -0.15) is 0 Å². The molecule has 20 heavy (non-hydrogen) atoms. The van der Waals surface area contributed by atoms with Gasteiger partial charge in [-0.15, -0.1) is 0 Å². The summed E-state index contributed by atoms with van der Waals surface area (Å²) in [6.07, 6.45) is 4.86. The Bertz CT molecular complexity index is 588. The Labute approximate surface area is 127 Å². The van der Waals surface area contributed by atoms with Gasteiger partial charge in [-0.3, -0.25) is 4.98 Å². The van der Waals surface area contributed by atoms with Gasteiger partial charge in [0, 0.05) is 35.9 Å². The molecule has 0 fully saturated rings. The van der Waals surface area contributed by atoms with Gasteiger partial charge in [-0.05, 0) is 42.3 Å². The van der Waals surface area contributed by atoms with E-state index in [1.807, 2.05) is 24.4 Å². The van der Waals surface area contributed by atoms with Crippen LogP contribution in [0.2, 0.25) is 0 Å². The van der Waals surface area contributed by atoms with Crippen LogP contribution >= 0.6 is 15.9 Å². The van der Waals surface area contributed by atoms with Gasteiger partial charge in [-0.1, -0.05) is 22.0 Å². The molecule has 0 amide bonds. The fourth-order valence-corrected chi connectivity index (χ4v) is 2.87. The van der Waals surface area contributed by atoms with Crippen molar-refractivity contribution in [2.24, 2.45) is 0 Å². The first kappa shape index (κ1) is 13.6. The molecule has 104 valence electrons. The van der Waals surface area contributed by atoms with E-state index in [9.17, 15) is 0 Å². The minimum Gasteiger partial charge on any atom is -0.488 e. The van der Waals surface area contributed by atoms with Crippen molar-refractivity contribution < 1.29 is 4.74 Å². The van der Waals surface area contributed by atoms with Gasteiger partial charge in [0.15, 0.2) is 0 Å². The molecule has 1 aromatic carbocycles. The van der Waals surface area contributed by atoms with Gasteiger partial charge in [0.05, 0.1) is 0 Å². The Hall–Kier alpha value is -1.39. The van der Waals surface area contributed by atoms with Crippen molar-refractivity contribution >= 4 is 15.9 Å². The second kappa shape index (κ2) is 5.94. The quantitative estimate of drug-likeness (QED) is 0.930. The van der Waals surface area contributed by atoms with Gasteiger partial charge in [0.1, 0.15) is 11.9 Å². The number of pyridine rings is 1. The number of ether oxygens (including phenoxy) is 1. The Morgan fingerprint density at radius 3 is 3.15 bits per heavy atom. The summed E-state index contributed by atoms with van der Waals surface area (Å²) in [5, 5.41) is 3.51. The zero-order valence-electron chi connectivity index (χ0n) is 11.3. The first-order chi connectivity index (χ1) is 9.72. The highest BCUT2D eigenvalue weighted by atomic mass is 79.9. The van der Waals surface area contributed by atoms with Crippen molar-refractivity contribution in [3.63, 3.8) is 0 Å². The Morgan fingerprint density at radius 1 is 1.45 bits per heavy atom. The molecule has 0 aliphatic carbocycles. The van der Waals surface area contributed by atoms with Gasteiger partial charge in [0.25, 0.3) is 0 Å². The number of rotatable bonds is 4. The number of benzene rings is 1. The minimum atomic E-state index is 0.207. The van der Waals surface area contributed by atoms with Crippen LogP contribution in [0.5, 0.6) is 5.75 Å². The summed E-state index contributed by atoms with van der Waals surface area (Å²) in [5.41, 5.74) is 2.48. The summed E-state index contributed by atoms with van der Waals surface area (Å²) in [4.78, 5) is 4.15. The summed E-state index contributed by atoms with van der Waals surface area (Å²) in [7, 11) is 0. The van der Waals surface area contributed by atoms with Crippen molar-refractivity contribution in [3.8, 4) is 5.75 Å². The molecule has 4 heteroatoms. The minimum absolute atomic E-state index is 0.207. The maximum atomic E-state index is 5.95. The van der Waals surface area contributed by atoms with Crippen LogP contribution in [-0.2, 0) is 6.42 Å². The Morgan fingerprint density at radius 2 is 2.35 bits per heavy atom. The summed E-state index contributed by atoms with van der Waals surface area (Å²) < 4.78 is 7.06. The smallest absolute Gasteiger partial charge is 0.123 e. The molecule has 3 rings (SSSR count). The van der Waals surface area contributed by atoms with Crippen LogP contribution in [0.3, 0.4) is 0 Å². The molecule has 1 aromatic heterocycles. The SMILES string of the molecule is CC(NCC1Cc2cc(Br)ccc2O1)c1cccnc1. The van der Waals surface area contributed by atoms with E-state index < -0.39 is 0 Å². The van der Waals surface area contributed by atoms with Crippen molar-refractivity contribution in [2.45, 2.75) is 25.5 Å². The van der Waals surface area contributed by atoms with E-state index in [1.165, 1.54) is 11.1 Å². The van der Waals surface area contributed by atoms with Gasteiger partial charge >= 0.3 is 0 Å². The fraction of sp³-hybridized carbons (Fsp3) is 0.312. The van der Waals surface area contributed by atoms with Crippen LogP contribution in [0.4, 0.5) is 0 Å². The van der Waals surface area contributed by atoms with E-state index in [1.54, 1.807) is 6.20 Å². The van der Waals surface area contributed by atoms with Crippen molar-refractivity contribution in [1.29, 1.82) is 0 Å². The van der Waals surface area contributed by atoms with Crippen LogP contribution < -0.4 is 10.1 Å². The number of fused-ring (bicyclic) bond motifs is 1. The predicted molar refractivity (Wildman–Crippen MR) is 82.9 cm³/mol. The van der Waals surface area contributed by atoms with Crippen LogP contribution in [0, 0.1) is 0 Å². The number of hydrogen-bond acceptors (Lipinski definition) is 3. The van der Waals surface area contributed by atoms with Crippen molar-refractivity contribution in [1.82, 2.24) is 10.3 Å². The molecule has 1 aliphatic heterocycles. The van der Waals surface area contributed by atoms with Gasteiger partial charge < -0.3 is 10.1 Å². The van der Waals surface area contributed by atoms with E-state index in [-0.39, 0.29) is 12.1 Å². The highest BCUT2D eigenvalue weighted by Crippen LogP contribution is 2.31. The first-order valence-electron chi connectivity index (χ1n) is 6.81. The Kier molecular flexibility index (Phi) is 4.03. The third kappa shape index (κ3) is 3.02.